The number of rotatable bonds is 50. The van der Waals surface area contributed by atoms with E-state index in [1.165, 1.54) is 167 Å². The van der Waals surface area contributed by atoms with Gasteiger partial charge in [0.1, 0.15) is 13.2 Å². The maximum atomic E-state index is 12.8. The summed E-state index contributed by atoms with van der Waals surface area (Å²) in [6, 6.07) is 0. The lowest BCUT2D eigenvalue weighted by Crippen LogP contribution is -2.30. The normalized spacial score (nSPS) is 12.2. The summed E-state index contributed by atoms with van der Waals surface area (Å²) in [6.07, 6.45) is 61.3. The average molecular weight is 885 g/mol. The number of hydrogen-bond donors (Lipinski definition) is 0. The lowest BCUT2D eigenvalue weighted by Gasteiger charge is -2.18. The van der Waals surface area contributed by atoms with Gasteiger partial charge in [-0.05, 0) is 70.6 Å². The summed E-state index contributed by atoms with van der Waals surface area (Å²) in [5.41, 5.74) is 0. The highest BCUT2D eigenvalue weighted by Crippen LogP contribution is 2.16. The molecule has 0 aliphatic carbocycles. The average Bonchev–Trinajstić information content (AvgIpc) is 3.28. The smallest absolute Gasteiger partial charge is 0.306 e. The molecule has 0 aromatic heterocycles. The van der Waals surface area contributed by atoms with Crippen LogP contribution in [0.5, 0.6) is 0 Å². The second-order valence-electron chi connectivity index (χ2n) is 18.5. The van der Waals surface area contributed by atoms with E-state index in [2.05, 4.69) is 57.2 Å². The van der Waals surface area contributed by atoms with Crippen LogP contribution in [0.15, 0.2) is 36.5 Å². The van der Waals surface area contributed by atoms with Crippen LogP contribution in [0.25, 0.3) is 0 Å². The number of carbonyl (C=O) groups is 3. The van der Waals surface area contributed by atoms with E-state index < -0.39 is 6.10 Å². The van der Waals surface area contributed by atoms with Gasteiger partial charge in [0.05, 0.1) is 0 Å². The molecule has 0 spiro atoms. The first-order valence-corrected chi connectivity index (χ1v) is 27.5. The summed E-state index contributed by atoms with van der Waals surface area (Å²) in [5, 5.41) is 0. The van der Waals surface area contributed by atoms with Crippen molar-refractivity contribution in [2.24, 2.45) is 0 Å². The number of ether oxygens (including phenoxy) is 3. The van der Waals surface area contributed by atoms with Gasteiger partial charge in [-0.3, -0.25) is 14.4 Å². The molecule has 0 N–H and O–H groups in total. The Morgan fingerprint density at radius 3 is 0.905 bits per heavy atom. The SMILES string of the molecule is CCCCCCCC/C=C\CCCCCC(=O)OCC(COC(=O)CCCCC/C=C\C=C/CCCCCCCCC)OC(=O)CCCCCCCCCCCCCCCCCC. The van der Waals surface area contributed by atoms with Crippen molar-refractivity contribution in [3.8, 4) is 0 Å². The van der Waals surface area contributed by atoms with Crippen LogP contribution >= 0.6 is 0 Å². The van der Waals surface area contributed by atoms with Crippen molar-refractivity contribution in [2.75, 3.05) is 13.2 Å². The van der Waals surface area contributed by atoms with Crippen LogP contribution in [0.3, 0.4) is 0 Å². The van der Waals surface area contributed by atoms with Crippen molar-refractivity contribution in [2.45, 2.75) is 297 Å². The lowest BCUT2D eigenvalue weighted by molar-refractivity contribution is -0.167. The van der Waals surface area contributed by atoms with Crippen LogP contribution in [-0.2, 0) is 28.6 Å². The van der Waals surface area contributed by atoms with Crippen molar-refractivity contribution in [3.63, 3.8) is 0 Å². The van der Waals surface area contributed by atoms with Gasteiger partial charge < -0.3 is 14.2 Å². The predicted octanol–water partition coefficient (Wildman–Crippen LogP) is 18.1. The van der Waals surface area contributed by atoms with E-state index in [0.29, 0.717) is 19.3 Å². The minimum Gasteiger partial charge on any atom is -0.462 e. The summed E-state index contributed by atoms with van der Waals surface area (Å²) >= 11 is 0. The predicted molar refractivity (Wildman–Crippen MR) is 270 cm³/mol. The van der Waals surface area contributed by atoms with Crippen molar-refractivity contribution in [1.29, 1.82) is 0 Å². The molecule has 0 bridgehead atoms. The molecule has 1 unspecified atom stereocenters. The fourth-order valence-electron chi connectivity index (χ4n) is 7.96. The van der Waals surface area contributed by atoms with Gasteiger partial charge in [-0.2, -0.15) is 0 Å². The van der Waals surface area contributed by atoms with Crippen molar-refractivity contribution >= 4 is 17.9 Å². The summed E-state index contributed by atoms with van der Waals surface area (Å²) in [6.45, 7) is 6.62. The molecule has 6 heteroatoms. The van der Waals surface area contributed by atoms with Gasteiger partial charge in [-0.25, -0.2) is 0 Å². The molecule has 0 radical (unpaired) electrons. The largest absolute Gasteiger partial charge is 0.462 e. The highest BCUT2D eigenvalue weighted by Gasteiger charge is 2.19. The van der Waals surface area contributed by atoms with E-state index in [0.717, 1.165) is 83.5 Å². The fourth-order valence-corrected chi connectivity index (χ4v) is 7.96. The highest BCUT2D eigenvalue weighted by molar-refractivity contribution is 5.71. The van der Waals surface area contributed by atoms with Gasteiger partial charge in [-0.1, -0.05) is 237 Å². The third kappa shape index (κ3) is 50.5. The zero-order valence-corrected chi connectivity index (χ0v) is 42.1. The Balaban J connectivity index is 4.40. The molecule has 0 heterocycles. The Labute approximate surface area is 391 Å². The Hall–Kier alpha value is -2.37. The molecule has 0 saturated carbocycles. The van der Waals surface area contributed by atoms with Gasteiger partial charge in [0, 0.05) is 19.3 Å². The maximum absolute atomic E-state index is 12.8. The number of esters is 3. The van der Waals surface area contributed by atoms with Crippen molar-refractivity contribution < 1.29 is 28.6 Å². The first kappa shape index (κ1) is 60.6. The van der Waals surface area contributed by atoms with Crippen molar-refractivity contribution in [3.05, 3.63) is 36.5 Å². The third-order valence-corrected chi connectivity index (χ3v) is 12.1. The first-order chi connectivity index (χ1) is 31.0. The Morgan fingerprint density at radius 2 is 0.571 bits per heavy atom. The monoisotopic (exact) mass is 885 g/mol. The van der Waals surface area contributed by atoms with Gasteiger partial charge in [-0.15, -0.1) is 0 Å². The molecule has 0 aromatic carbocycles. The summed E-state index contributed by atoms with van der Waals surface area (Å²) in [5.74, 6) is -0.913. The molecule has 1 atom stereocenters. The van der Waals surface area contributed by atoms with Gasteiger partial charge >= 0.3 is 17.9 Å². The van der Waals surface area contributed by atoms with Crippen molar-refractivity contribution in [1.82, 2.24) is 0 Å². The summed E-state index contributed by atoms with van der Waals surface area (Å²) in [7, 11) is 0. The standard InChI is InChI=1S/C57H104O6/c1-4-7-10-13-16-19-22-25-27-29-32-35-38-41-44-47-50-56(59)62-53-54(52-61-55(58)49-46-43-40-37-34-31-24-21-18-15-12-9-6-3)63-57(60)51-48-45-42-39-36-33-30-28-26-23-20-17-14-11-8-5-2/h27,29,31-32,34-35,54H,4-26,28,30,33,36-53H2,1-3H3/b29-27-,34-31-,35-32-. The molecule has 0 fully saturated rings. The van der Waals surface area contributed by atoms with E-state index in [4.69, 9.17) is 14.2 Å². The van der Waals surface area contributed by atoms with E-state index >= 15 is 0 Å². The molecular formula is C57H104O6. The molecule has 368 valence electrons. The molecule has 0 saturated heterocycles. The van der Waals surface area contributed by atoms with Crippen LogP contribution in [-0.4, -0.2) is 37.2 Å². The quantitative estimate of drug-likeness (QED) is 0.0199. The van der Waals surface area contributed by atoms with E-state index in [-0.39, 0.29) is 31.1 Å². The molecule has 0 aliphatic rings. The van der Waals surface area contributed by atoms with E-state index in [1.54, 1.807) is 0 Å². The lowest BCUT2D eigenvalue weighted by atomic mass is 10.0. The van der Waals surface area contributed by atoms with Crippen LogP contribution < -0.4 is 0 Å². The Kier molecular flexibility index (Phi) is 50.3. The third-order valence-electron chi connectivity index (χ3n) is 12.1. The molecule has 0 aliphatic heterocycles. The molecule has 6 nitrogen and oxygen atoms in total. The molecule has 0 rings (SSSR count). The van der Waals surface area contributed by atoms with Crippen LogP contribution in [0.4, 0.5) is 0 Å². The number of allylic oxidation sites excluding steroid dienone is 6. The molecule has 0 aromatic rings. The highest BCUT2D eigenvalue weighted by atomic mass is 16.6. The Bertz CT molecular complexity index is 1060. The summed E-state index contributed by atoms with van der Waals surface area (Å²) in [4.78, 5) is 38.0. The first-order valence-electron chi connectivity index (χ1n) is 27.5. The van der Waals surface area contributed by atoms with Gasteiger partial charge in [0.25, 0.3) is 0 Å². The van der Waals surface area contributed by atoms with Crippen LogP contribution in [0.1, 0.15) is 290 Å². The fraction of sp³-hybridized carbons (Fsp3) is 0.842. The minimum absolute atomic E-state index is 0.0855. The zero-order valence-electron chi connectivity index (χ0n) is 42.1. The minimum atomic E-state index is -0.785. The van der Waals surface area contributed by atoms with E-state index in [1.807, 2.05) is 0 Å². The number of unbranched alkanes of at least 4 members (excludes halogenated alkanes) is 34. The second kappa shape index (κ2) is 52.3. The van der Waals surface area contributed by atoms with E-state index in [9.17, 15) is 14.4 Å². The van der Waals surface area contributed by atoms with Crippen LogP contribution in [0.2, 0.25) is 0 Å². The molecule has 0 amide bonds. The second-order valence-corrected chi connectivity index (χ2v) is 18.5. The van der Waals surface area contributed by atoms with Gasteiger partial charge in [0.2, 0.25) is 0 Å². The topological polar surface area (TPSA) is 78.9 Å². The van der Waals surface area contributed by atoms with Crippen LogP contribution in [0, 0.1) is 0 Å². The van der Waals surface area contributed by atoms with Gasteiger partial charge in [0.15, 0.2) is 6.10 Å². The number of carbonyl (C=O) groups excluding carboxylic acids is 3. The summed E-state index contributed by atoms with van der Waals surface area (Å²) < 4.78 is 16.8. The maximum Gasteiger partial charge on any atom is 0.306 e. The molecule has 63 heavy (non-hydrogen) atoms. The molecular weight excluding hydrogens is 781 g/mol. The Morgan fingerprint density at radius 1 is 0.317 bits per heavy atom. The zero-order chi connectivity index (χ0) is 45.8. The number of hydrogen-bond acceptors (Lipinski definition) is 6.